The molecule has 0 saturated heterocycles. The summed E-state index contributed by atoms with van der Waals surface area (Å²) < 4.78 is 29.6. The van der Waals surface area contributed by atoms with Gasteiger partial charge in [0.2, 0.25) is 5.03 Å². The molecule has 4 rings (SSSR count). The van der Waals surface area contributed by atoms with Gasteiger partial charge in [0.05, 0.1) is 5.52 Å². The van der Waals surface area contributed by atoms with Crippen LogP contribution in [0.3, 0.4) is 0 Å². The maximum atomic E-state index is 13.3. The molecule has 130 valence electrons. The van der Waals surface area contributed by atoms with Gasteiger partial charge in [-0.1, -0.05) is 34.5 Å². The highest BCUT2D eigenvalue weighted by Gasteiger charge is 2.29. The number of hydrogen-bond donors (Lipinski definition) is 1. The smallest absolute Gasteiger partial charge is 0.287 e. The molecule has 0 atom stereocenters. The van der Waals surface area contributed by atoms with Gasteiger partial charge in [-0.05, 0) is 24.6 Å². The fourth-order valence-corrected chi connectivity index (χ4v) is 5.86. The zero-order valence-corrected chi connectivity index (χ0v) is 15.7. The van der Waals surface area contributed by atoms with E-state index in [0.29, 0.717) is 27.8 Å². The molecule has 0 fully saturated rings. The van der Waals surface area contributed by atoms with Gasteiger partial charge in [-0.2, -0.15) is 8.42 Å². The second kappa shape index (κ2) is 5.96. The fraction of sp³-hybridized carbons (Fsp3) is 0.143. The highest BCUT2D eigenvalue weighted by molar-refractivity contribution is 7.90. The summed E-state index contributed by atoms with van der Waals surface area (Å²) in [4.78, 5) is 8.57. The van der Waals surface area contributed by atoms with Crippen LogP contribution in [-0.2, 0) is 16.4 Å². The number of rotatable bonds is 4. The van der Waals surface area contributed by atoms with E-state index in [9.17, 15) is 8.42 Å². The maximum Gasteiger partial charge on any atom is 0.287 e. The number of nitrogens with two attached hydrogens (primary N) is 1. The molecule has 7 nitrogen and oxygen atoms in total. The van der Waals surface area contributed by atoms with Crippen molar-refractivity contribution in [1.29, 1.82) is 0 Å². The minimum Gasteiger partial charge on any atom is -0.330 e. The second-order valence-corrected chi connectivity index (χ2v) is 9.01. The zero-order valence-electron chi connectivity index (χ0n) is 12.6. The molecule has 0 aliphatic rings. The lowest BCUT2D eigenvalue weighted by Crippen LogP contribution is -2.14. The molecule has 0 saturated carbocycles. The highest BCUT2D eigenvalue weighted by Crippen LogP contribution is 2.33. The quantitative estimate of drug-likeness (QED) is 0.552. The van der Waals surface area contributed by atoms with Crippen LogP contribution in [0.2, 0.25) is 9.49 Å². The van der Waals surface area contributed by atoms with Crippen LogP contribution in [0.5, 0.6) is 0 Å². The Labute approximate surface area is 156 Å². The van der Waals surface area contributed by atoms with E-state index in [1.165, 1.54) is 20.8 Å². The Balaban J connectivity index is 2.02. The van der Waals surface area contributed by atoms with Crippen molar-refractivity contribution in [1.82, 2.24) is 18.3 Å². The van der Waals surface area contributed by atoms with Gasteiger partial charge >= 0.3 is 0 Å². The van der Waals surface area contributed by atoms with E-state index in [2.05, 4.69) is 9.97 Å². The van der Waals surface area contributed by atoms with Crippen LogP contribution in [0.4, 0.5) is 0 Å². The van der Waals surface area contributed by atoms with Crippen molar-refractivity contribution in [3.63, 3.8) is 0 Å². The van der Waals surface area contributed by atoms with Crippen LogP contribution in [0.15, 0.2) is 35.9 Å². The average molecular weight is 416 g/mol. The van der Waals surface area contributed by atoms with Gasteiger partial charge in [-0.15, -0.1) is 0 Å². The Bertz CT molecular complexity index is 1210. The van der Waals surface area contributed by atoms with Gasteiger partial charge in [-0.25, -0.2) is 8.96 Å². The lowest BCUT2D eigenvalue weighted by Gasteiger charge is -2.06. The van der Waals surface area contributed by atoms with Gasteiger partial charge in [-0.3, -0.25) is 9.38 Å². The molecule has 25 heavy (non-hydrogen) atoms. The lowest BCUT2D eigenvalue weighted by molar-refractivity contribution is 0.584. The molecular formula is C14H11Cl2N5O2S2. The van der Waals surface area contributed by atoms with E-state index >= 15 is 0 Å². The molecule has 2 N–H and O–H groups in total. The minimum atomic E-state index is -4.00. The number of halogens is 2. The summed E-state index contributed by atoms with van der Waals surface area (Å²) in [6.45, 7) is 0.395. The first-order valence-corrected chi connectivity index (χ1v) is 10.2. The van der Waals surface area contributed by atoms with Gasteiger partial charge in [0, 0.05) is 30.2 Å². The number of pyridine rings is 1. The fourth-order valence-electron chi connectivity index (χ4n) is 2.76. The molecule has 0 bridgehead atoms. The van der Waals surface area contributed by atoms with Crippen molar-refractivity contribution in [3.05, 3.63) is 45.9 Å². The number of aromatic nitrogens is 4. The molecule has 0 amide bonds. The lowest BCUT2D eigenvalue weighted by atomic mass is 10.2. The predicted molar refractivity (Wildman–Crippen MR) is 98.2 cm³/mol. The third-order valence-corrected chi connectivity index (χ3v) is 6.96. The molecule has 4 aromatic heterocycles. The van der Waals surface area contributed by atoms with Gasteiger partial charge in [0.25, 0.3) is 10.0 Å². The van der Waals surface area contributed by atoms with Crippen molar-refractivity contribution in [2.24, 2.45) is 5.73 Å². The first kappa shape index (κ1) is 16.8. The van der Waals surface area contributed by atoms with E-state index in [1.807, 2.05) is 0 Å². The third kappa shape index (κ3) is 2.54. The highest BCUT2D eigenvalue weighted by atomic mass is 35.5. The van der Waals surface area contributed by atoms with Crippen molar-refractivity contribution in [2.45, 2.75) is 11.4 Å². The normalized spacial score (nSPS) is 12.4. The van der Waals surface area contributed by atoms with E-state index < -0.39 is 10.0 Å². The summed E-state index contributed by atoms with van der Waals surface area (Å²) in [5.74, 6) is 0. The summed E-state index contributed by atoms with van der Waals surface area (Å²) >= 11 is 13.2. The van der Waals surface area contributed by atoms with E-state index in [-0.39, 0.29) is 10.2 Å². The van der Waals surface area contributed by atoms with E-state index in [0.717, 1.165) is 22.3 Å². The summed E-state index contributed by atoms with van der Waals surface area (Å²) in [6, 6.07) is 1.64. The topological polar surface area (TPSA) is 95.3 Å². The first-order chi connectivity index (χ1) is 11.9. The SMILES string of the molecule is NCCc1cn(S(=O)(=O)c2c(Cl)nc3sc(Cl)cn23)c2ccncc12. The van der Waals surface area contributed by atoms with Gasteiger partial charge in [0.15, 0.2) is 10.1 Å². The molecule has 0 aliphatic heterocycles. The molecule has 0 spiro atoms. The van der Waals surface area contributed by atoms with E-state index in [4.69, 9.17) is 28.9 Å². The number of hydrogen-bond acceptors (Lipinski definition) is 6. The van der Waals surface area contributed by atoms with Gasteiger partial charge in [0.1, 0.15) is 4.34 Å². The monoisotopic (exact) mass is 415 g/mol. The average Bonchev–Trinajstić information content (AvgIpc) is 3.18. The number of thiazole rings is 1. The molecule has 4 aromatic rings. The van der Waals surface area contributed by atoms with Crippen LogP contribution in [0.25, 0.3) is 15.9 Å². The summed E-state index contributed by atoms with van der Waals surface area (Å²) in [5.41, 5.74) is 6.94. The molecule has 0 aromatic carbocycles. The number of fused-ring (bicyclic) bond motifs is 2. The maximum absolute atomic E-state index is 13.3. The second-order valence-electron chi connectivity index (χ2n) is 5.28. The predicted octanol–water partition coefficient (Wildman–Crippen LogP) is 2.79. The van der Waals surface area contributed by atoms with E-state index in [1.54, 1.807) is 18.5 Å². The Kier molecular flexibility index (Phi) is 4.00. The van der Waals surface area contributed by atoms with Crippen LogP contribution >= 0.6 is 34.5 Å². The zero-order chi connectivity index (χ0) is 17.8. The number of imidazole rings is 1. The van der Waals surface area contributed by atoms with Gasteiger partial charge < -0.3 is 5.73 Å². The third-order valence-electron chi connectivity index (χ3n) is 3.79. The standard InChI is InChI=1S/C14H11Cl2N5O2S2/c15-11-7-20-13(12(16)19-14(20)24-11)25(22,23)21-6-8(1-3-17)9-5-18-4-2-10(9)21/h2,4-7H,1,3,17H2. The summed E-state index contributed by atoms with van der Waals surface area (Å²) in [5, 5.41) is 0.510. The molecule has 0 aliphatic carbocycles. The minimum absolute atomic E-state index is 0.0980. The van der Waals surface area contributed by atoms with Crippen LogP contribution in [0.1, 0.15) is 5.56 Å². The van der Waals surface area contributed by atoms with Crippen molar-refractivity contribution >= 4 is 60.4 Å². The Hall–Kier alpha value is -1.65. The molecule has 11 heteroatoms. The number of nitrogens with zero attached hydrogens (tertiary/aromatic N) is 4. The molecule has 0 radical (unpaired) electrons. The molecule has 0 unspecified atom stereocenters. The van der Waals surface area contributed by atoms with Crippen molar-refractivity contribution in [3.8, 4) is 0 Å². The van der Waals surface area contributed by atoms with Crippen LogP contribution in [-0.4, -0.2) is 33.3 Å². The van der Waals surface area contributed by atoms with Crippen molar-refractivity contribution < 1.29 is 8.42 Å². The summed E-state index contributed by atoms with van der Waals surface area (Å²) in [6.07, 6.45) is 6.74. The van der Waals surface area contributed by atoms with Crippen LogP contribution in [0, 0.1) is 0 Å². The first-order valence-electron chi connectivity index (χ1n) is 7.16. The Morgan fingerprint density at radius 1 is 1.28 bits per heavy atom. The molecular weight excluding hydrogens is 405 g/mol. The molecule has 4 heterocycles. The Morgan fingerprint density at radius 3 is 2.84 bits per heavy atom. The van der Waals surface area contributed by atoms with Crippen LogP contribution < -0.4 is 5.73 Å². The van der Waals surface area contributed by atoms with Crippen molar-refractivity contribution in [2.75, 3.05) is 6.54 Å². The Morgan fingerprint density at radius 2 is 2.08 bits per heavy atom. The largest absolute Gasteiger partial charge is 0.330 e. The summed E-state index contributed by atoms with van der Waals surface area (Å²) in [7, 11) is -4.00.